The Hall–Kier alpha value is -1.36. The van der Waals surface area contributed by atoms with Crippen molar-refractivity contribution in [3.63, 3.8) is 0 Å². The normalized spacial score (nSPS) is 22.2. The topological polar surface area (TPSA) is 57.6 Å². The number of halogens is 1. The maximum Gasteiger partial charge on any atom is 0.336 e. The quantitative estimate of drug-likeness (QED) is 0.622. The minimum atomic E-state index is -0.994. The number of likely N-dealkylation sites (tertiary alicyclic amines) is 1. The van der Waals surface area contributed by atoms with E-state index in [0.29, 0.717) is 10.3 Å². The summed E-state index contributed by atoms with van der Waals surface area (Å²) in [6.45, 7) is 7.45. The zero-order valence-corrected chi connectivity index (χ0v) is 13.8. The smallest absolute Gasteiger partial charge is 0.336 e. The zero-order chi connectivity index (χ0) is 15.6. The first kappa shape index (κ1) is 16.0. The zero-order valence-electron chi connectivity index (χ0n) is 12.2. The Morgan fingerprint density at radius 3 is 2.33 bits per heavy atom. The number of Topliss-reactive ketones (excluding diaryl/α,β-unsaturated/α-hetero) is 1. The molecular weight excluding hydrogens is 334 g/mol. The highest BCUT2D eigenvalue weighted by atomic mass is 79.9. The minimum Gasteiger partial charge on any atom is -0.478 e. The molecule has 2 aliphatic rings. The fourth-order valence-electron chi connectivity index (χ4n) is 3.06. The highest BCUT2D eigenvalue weighted by Crippen LogP contribution is 2.47. The second-order valence-corrected chi connectivity index (χ2v) is 6.93. The first-order valence-electron chi connectivity index (χ1n) is 7.06. The average Bonchev–Trinajstić information content (AvgIpc) is 2.37. The van der Waals surface area contributed by atoms with Crippen LogP contribution in [0.4, 0.5) is 0 Å². The van der Waals surface area contributed by atoms with E-state index >= 15 is 0 Å². The molecule has 0 atom stereocenters. The van der Waals surface area contributed by atoms with Gasteiger partial charge in [0, 0.05) is 36.1 Å². The summed E-state index contributed by atoms with van der Waals surface area (Å²) < 4.78 is 0.365. The lowest BCUT2D eigenvalue weighted by atomic mass is 9.62. The van der Waals surface area contributed by atoms with Crippen molar-refractivity contribution in [1.82, 2.24) is 4.90 Å². The van der Waals surface area contributed by atoms with Crippen LogP contribution < -0.4 is 0 Å². The fourth-order valence-corrected chi connectivity index (χ4v) is 3.36. The Balaban J connectivity index is 1.98. The maximum atomic E-state index is 11.2. The molecule has 0 aromatic heterocycles. The van der Waals surface area contributed by atoms with Gasteiger partial charge in [-0.05, 0) is 37.3 Å². The van der Waals surface area contributed by atoms with Crippen molar-refractivity contribution in [2.75, 3.05) is 13.1 Å². The molecule has 1 spiro atoms. The molecule has 1 saturated carbocycles. The van der Waals surface area contributed by atoms with Gasteiger partial charge in [-0.15, -0.1) is 0 Å². The van der Waals surface area contributed by atoms with Crippen molar-refractivity contribution in [3.05, 3.63) is 34.5 Å². The molecule has 1 saturated heterocycles. The number of carboxylic acids is 1. The van der Waals surface area contributed by atoms with Crippen molar-refractivity contribution in [1.29, 1.82) is 0 Å². The standard InChI is InChI=1S/C16H20BrNO3/c1-11(3-4-14(12(2)17)15(20)21)18-7-5-16(6-8-18)9-13(19)10-16/h3-4H,2,5-10H2,1H3,(H,20,21)/b11-3+,14-4+. The van der Waals surface area contributed by atoms with Crippen LogP contribution in [0.25, 0.3) is 0 Å². The predicted octanol–water partition coefficient (Wildman–Crippen LogP) is 3.25. The number of carboxylic acid groups (broad SMARTS) is 1. The number of aliphatic carboxylic acids is 1. The van der Waals surface area contributed by atoms with Crippen LogP contribution in [0.5, 0.6) is 0 Å². The molecule has 2 fully saturated rings. The largest absolute Gasteiger partial charge is 0.478 e. The Kier molecular flexibility index (Phi) is 4.71. The summed E-state index contributed by atoms with van der Waals surface area (Å²) >= 11 is 3.11. The lowest BCUT2D eigenvalue weighted by molar-refractivity contribution is -0.135. The number of allylic oxidation sites excluding steroid dienone is 3. The number of hydrogen-bond donors (Lipinski definition) is 1. The van der Waals surface area contributed by atoms with Crippen LogP contribution in [0.15, 0.2) is 34.5 Å². The van der Waals surface area contributed by atoms with E-state index in [9.17, 15) is 9.59 Å². The van der Waals surface area contributed by atoms with Crippen molar-refractivity contribution >= 4 is 27.7 Å². The molecule has 0 unspecified atom stereocenters. The molecule has 21 heavy (non-hydrogen) atoms. The molecule has 114 valence electrons. The van der Waals surface area contributed by atoms with Gasteiger partial charge < -0.3 is 10.0 Å². The van der Waals surface area contributed by atoms with Gasteiger partial charge in [0.2, 0.25) is 0 Å². The Labute approximate surface area is 133 Å². The molecule has 0 bridgehead atoms. The molecule has 1 aliphatic heterocycles. The van der Waals surface area contributed by atoms with Crippen molar-refractivity contribution < 1.29 is 14.7 Å². The maximum absolute atomic E-state index is 11.2. The fraction of sp³-hybridized carbons (Fsp3) is 0.500. The molecule has 5 heteroatoms. The molecule has 1 N–H and O–H groups in total. The van der Waals surface area contributed by atoms with E-state index in [0.717, 1.165) is 44.5 Å². The average molecular weight is 354 g/mol. The third-order valence-electron chi connectivity index (χ3n) is 4.48. The Morgan fingerprint density at radius 1 is 1.33 bits per heavy atom. The van der Waals surface area contributed by atoms with Crippen molar-refractivity contribution in [3.8, 4) is 0 Å². The molecule has 2 rings (SSSR count). The van der Waals surface area contributed by atoms with E-state index in [1.54, 1.807) is 6.08 Å². The van der Waals surface area contributed by atoms with Crippen LogP contribution >= 0.6 is 15.9 Å². The lowest BCUT2D eigenvalue weighted by Gasteiger charge is -2.47. The molecule has 0 radical (unpaired) electrons. The van der Waals surface area contributed by atoms with E-state index < -0.39 is 5.97 Å². The van der Waals surface area contributed by atoms with Gasteiger partial charge in [0.15, 0.2) is 0 Å². The number of rotatable bonds is 4. The van der Waals surface area contributed by atoms with Crippen LogP contribution in [0.3, 0.4) is 0 Å². The van der Waals surface area contributed by atoms with E-state index in [2.05, 4.69) is 27.4 Å². The van der Waals surface area contributed by atoms with Gasteiger partial charge in [0.25, 0.3) is 0 Å². The van der Waals surface area contributed by atoms with Crippen LogP contribution in [0.1, 0.15) is 32.6 Å². The molecule has 0 amide bonds. The van der Waals surface area contributed by atoms with E-state index in [4.69, 9.17) is 5.11 Å². The SMILES string of the molecule is C=C(Br)/C(=C\C=C(/C)N1CCC2(CC1)CC(=O)C2)C(=O)O. The Morgan fingerprint density at radius 2 is 1.90 bits per heavy atom. The van der Waals surface area contributed by atoms with Crippen LogP contribution in [-0.2, 0) is 9.59 Å². The monoisotopic (exact) mass is 353 g/mol. The minimum absolute atomic E-state index is 0.160. The first-order chi connectivity index (χ1) is 9.83. The summed E-state index contributed by atoms with van der Waals surface area (Å²) in [5.74, 6) is -0.605. The molecule has 0 aromatic carbocycles. The third-order valence-corrected chi connectivity index (χ3v) is 4.91. The van der Waals surface area contributed by atoms with E-state index in [1.807, 2.05) is 13.0 Å². The lowest BCUT2D eigenvalue weighted by Crippen LogP contribution is -2.46. The third kappa shape index (κ3) is 3.64. The van der Waals surface area contributed by atoms with Gasteiger partial charge in [-0.25, -0.2) is 4.79 Å². The highest BCUT2D eigenvalue weighted by molar-refractivity contribution is 9.12. The van der Waals surface area contributed by atoms with Crippen molar-refractivity contribution in [2.45, 2.75) is 32.6 Å². The molecule has 1 heterocycles. The van der Waals surface area contributed by atoms with Crippen molar-refractivity contribution in [2.24, 2.45) is 5.41 Å². The number of nitrogens with zero attached hydrogens (tertiary/aromatic N) is 1. The van der Waals surface area contributed by atoms with Crippen LogP contribution in [-0.4, -0.2) is 34.8 Å². The summed E-state index contributed by atoms with van der Waals surface area (Å²) in [6.07, 6.45) is 6.98. The van der Waals surface area contributed by atoms with E-state index in [-0.39, 0.29) is 11.0 Å². The molecule has 4 nitrogen and oxygen atoms in total. The number of piperidine rings is 1. The van der Waals surface area contributed by atoms with Gasteiger partial charge in [0.1, 0.15) is 5.78 Å². The van der Waals surface area contributed by atoms with Crippen LogP contribution in [0, 0.1) is 5.41 Å². The second-order valence-electron chi connectivity index (χ2n) is 5.98. The van der Waals surface area contributed by atoms with Gasteiger partial charge in [-0.1, -0.05) is 22.5 Å². The second kappa shape index (κ2) is 6.18. The van der Waals surface area contributed by atoms with Crippen LogP contribution in [0.2, 0.25) is 0 Å². The van der Waals surface area contributed by atoms with Gasteiger partial charge >= 0.3 is 5.97 Å². The van der Waals surface area contributed by atoms with Gasteiger partial charge in [0.05, 0.1) is 5.57 Å². The van der Waals surface area contributed by atoms with Gasteiger partial charge in [-0.3, -0.25) is 4.79 Å². The number of carbonyl (C=O) groups is 2. The Bertz CT molecular complexity index is 514. The molecular formula is C16H20BrNO3. The first-order valence-corrected chi connectivity index (χ1v) is 7.86. The summed E-state index contributed by atoms with van der Waals surface area (Å²) in [6, 6.07) is 0. The number of ketones is 1. The summed E-state index contributed by atoms with van der Waals surface area (Å²) in [7, 11) is 0. The van der Waals surface area contributed by atoms with Gasteiger partial charge in [-0.2, -0.15) is 0 Å². The molecule has 1 aliphatic carbocycles. The summed E-state index contributed by atoms with van der Waals surface area (Å²) in [4.78, 5) is 24.5. The molecule has 0 aromatic rings. The number of hydrogen-bond acceptors (Lipinski definition) is 3. The summed E-state index contributed by atoms with van der Waals surface area (Å²) in [5.41, 5.74) is 1.47. The number of carbonyl (C=O) groups excluding carboxylic acids is 1. The summed E-state index contributed by atoms with van der Waals surface area (Å²) in [5, 5.41) is 9.07. The highest BCUT2D eigenvalue weighted by Gasteiger charge is 2.44. The predicted molar refractivity (Wildman–Crippen MR) is 85.0 cm³/mol. The van der Waals surface area contributed by atoms with E-state index in [1.165, 1.54) is 0 Å².